The maximum atomic E-state index is 13.7. The molecule has 1 heterocycles. The number of esters is 1. The third-order valence-electron chi connectivity index (χ3n) is 8.07. The molecule has 0 radical (unpaired) electrons. The van der Waals surface area contributed by atoms with Gasteiger partial charge in [0.15, 0.2) is 18.7 Å². The summed E-state index contributed by atoms with van der Waals surface area (Å²) in [5.41, 5.74) is 2.26. The number of halogens is 1. The molecule has 232 valence electrons. The Hall–Kier alpha value is -3.59. The van der Waals surface area contributed by atoms with Crippen molar-refractivity contribution in [2.75, 3.05) is 13.7 Å². The molecule has 0 aromatic heterocycles. The number of nitrogens with two attached hydrogens (primary N) is 1. The van der Waals surface area contributed by atoms with E-state index in [1.54, 1.807) is 6.92 Å². The minimum absolute atomic E-state index is 0. The fraction of sp³-hybridized carbons (Fsp3) is 0.448. The fourth-order valence-corrected chi connectivity index (χ4v) is 5.90. The molecule has 43 heavy (non-hydrogen) atoms. The van der Waals surface area contributed by atoms with Crippen LogP contribution in [0.15, 0.2) is 18.2 Å². The van der Waals surface area contributed by atoms with E-state index in [1.165, 1.54) is 25.3 Å². The van der Waals surface area contributed by atoms with Crippen LogP contribution in [0.4, 0.5) is 0 Å². The van der Waals surface area contributed by atoms with Crippen LogP contribution >= 0.6 is 12.4 Å². The van der Waals surface area contributed by atoms with Gasteiger partial charge in [-0.15, -0.1) is 12.4 Å². The van der Waals surface area contributed by atoms with Crippen molar-refractivity contribution in [1.82, 2.24) is 0 Å². The van der Waals surface area contributed by atoms with Crippen LogP contribution in [0.2, 0.25) is 0 Å². The Kier molecular flexibility index (Phi) is 8.89. The molecule has 14 heteroatoms. The fourth-order valence-electron chi connectivity index (χ4n) is 5.90. The second-order valence-electron chi connectivity index (χ2n) is 10.8. The van der Waals surface area contributed by atoms with Crippen LogP contribution in [0.3, 0.4) is 0 Å². The summed E-state index contributed by atoms with van der Waals surface area (Å²) in [4.78, 5) is 51.8. The van der Waals surface area contributed by atoms with Crippen molar-refractivity contribution >= 4 is 35.7 Å². The van der Waals surface area contributed by atoms with Gasteiger partial charge in [0.05, 0.1) is 42.1 Å². The number of Topliss-reactive ketones (excluding diaryl/α,β-unsaturated/α-hetero) is 1. The Bertz CT molecular complexity index is 1500. The van der Waals surface area contributed by atoms with E-state index in [0.29, 0.717) is 0 Å². The molecule has 1 aliphatic heterocycles. The predicted octanol–water partition coefficient (Wildman–Crippen LogP) is 0.994. The highest BCUT2D eigenvalue weighted by Crippen LogP contribution is 2.52. The van der Waals surface area contributed by atoms with Crippen molar-refractivity contribution in [3.63, 3.8) is 0 Å². The molecule has 6 unspecified atom stereocenters. The smallest absolute Gasteiger partial charge is 0.303 e. The zero-order valence-corrected chi connectivity index (χ0v) is 24.3. The van der Waals surface area contributed by atoms with Gasteiger partial charge in [-0.05, 0) is 13.0 Å². The zero-order valence-electron chi connectivity index (χ0n) is 23.5. The highest BCUT2D eigenvalue weighted by atomic mass is 35.5. The van der Waals surface area contributed by atoms with E-state index in [4.69, 9.17) is 24.7 Å². The molecule has 0 bridgehead atoms. The Labute approximate surface area is 251 Å². The molecule has 2 aliphatic carbocycles. The number of rotatable bonds is 6. The lowest BCUT2D eigenvalue weighted by Gasteiger charge is -2.42. The summed E-state index contributed by atoms with van der Waals surface area (Å²) in [5.74, 6) is -4.57. The van der Waals surface area contributed by atoms with Crippen LogP contribution < -0.4 is 10.5 Å². The molecule has 1 saturated heterocycles. The van der Waals surface area contributed by atoms with Gasteiger partial charge in [-0.25, -0.2) is 0 Å². The first-order valence-corrected chi connectivity index (χ1v) is 13.3. The number of phenols is 2. The van der Waals surface area contributed by atoms with Crippen LogP contribution in [0.1, 0.15) is 75.8 Å². The number of ketones is 3. The van der Waals surface area contributed by atoms with Gasteiger partial charge in [0.25, 0.3) is 0 Å². The Balaban J connectivity index is 0.00000423. The molecule has 6 atom stereocenters. The zero-order chi connectivity index (χ0) is 30.7. The lowest BCUT2D eigenvalue weighted by atomic mass is 9.72. The van der Waals surface area contributed by atoms with Gasteiger partial charge in [0, 0.05) is 48.9 Å². The summed E-state index contributed by atoms with van der Waals surface area (Å²) in [6.07, 6.45) is -5.30. The molecule has 1 fully saturated rings. The van der Waals surface area contributed by atoms with Gasteiger partial charge in [-0.1, -0.05) is 12.1 Å². The molecule has 2 aromatic carbocycles. The molecule has 0 spiro atoms. The normalized spacial score (nSPS) is 27.7. The van der Waals surface area contributed by atoms with Crippen molar-refractivity contribution in [2.45, 2.75) is 69.4 Å². The third kappa shape index (κ3) is 5.37. The van der Waals surface area contributed by atoms with E-state index in [2.05, 4.69) is 0 Å². The number of phenolic OH excluding ortho intramolecular Hbond substituents is 2. The van der Waals surface area contributed by atoms with Crippen LogP contribution in [0.5, 0.6) is 17.2 Å². The maximum Gasteiger partial charge on any atom is 0.303 e. The van der Waals surface area contributed by atoms with Crippen molar-refractivity contribution in [3.05, 3.63) is 51.6 Å². The van der Waals surface area contributed by atoms with Gasteiger partial charge < -0.3 is 45.1 Å². The van der Waals surface area contributed by atoms with E-state index < -0.39 is 102 Å². The largest absolute Gasteiger partial charge is 0.507 e. The highest BCUT2D eigenvalue weighted by molar-refractivity contribution is 6.31. The summed E-state index contributed by atoms with van der Waals surface area (Å²) in [6.45, 7) is 1.87. The van der Waals surface area contributed by atoms with Crippen molar-refractivity contribution in [3.8, 4) is 17.2 Å². The Morgan fingerprint density at radius 3 is 2.42 bits per heavy atom. The van der Waals surface area contributed by atoms with Gasteiger partial charge in [-0.3, -0.25) is 19.2 Å². The molecule has 5 rings (SSSR count). The summed E-state index contributed by atoms with van der Waals surface area (Å²) in [7, 11) is 1.32. The molecular formula is C29H32ClNO12. The van der Waals surface area contributed by atoms with Gasteiger partial charge in [0.1, 0.15) is 22.8 Å². The van der Waals surface area contributed by atoms with Crippen LogP contribution in [-0.4, -0.2) is 87.6 Å². The van der Waals surface area contributed by atoms with Crippen LogP contribution in [-0.2, 0) is 30.2 Å². The van der Waals surface area contributed by atoms with Gasteiger partial charge >= 0.3 is 5.97 Å². The summed E-state index contributed by atoms with van der Waals surface area (Å²) >= 11 is 0. The molecule has 6 N–H and O–H groups in total. The summed E-state index contributed by atoms with van der Waals surface area (Å²) in [6, 6.07) is 3.59. The lowest BCUT2D eigenvalue weighted by molar-refractivity contribution is -0.247. The van der Waals surface area contributed by atoms with Crippen molar-refractivity contribution in [2.24, 2.45) is 5.73 Å². The number of hydrogen-bond acceptors (Lipinski definition) is 13. The standard InChI is InChI=1S/C29H31NO12.ClH/c1-11-24(33)15(30)7-19(41-11)42-17-9-29(38,18(32)10-40-12(2)31)8-14-21(17)28(37)23-22(26(14)35)25(34)13-5-4-6-16(39-3)20(13)27(23)36;/h4-6,11,15,17,19,24,33,35,37-38H,7-10,30H2,1-3H3;1H. The molecule has 13 nitrogen and oxygen atoms in total. The number of hydrogen-bond donors (Lipinski definition) is 5. The van der Waals surface area contributed by atoms with Crippen LogP contribution in [0.25, 0.3) is 0 Å². The third-order valence-corrected chi connectivity index (χ3v) is 8.07. The predicted molar refractivity (Wildman–Crippen MR) is 149 cm³/mol. The molecule has 2 aromatic rings. The topological polar surface area (TPSA) is 212 Å². The number of aliphatic hydroxyl groups excluding tert-OH is 1. The minimum Gasteiger partial charge on any atom is -0.507 e. The van der Waals surface area contributed by atoms with Crippen LogP contribution in [0, 0.1) is 0 Å². The molecular weight excluding hydrogens is 590 g/mol. The number of ether oxygens (including phenoxy) is 4. The number of benzene rings is 2. The SMILES string of the molecule is COc1cccc2c1C(=O)c1c(O)c3c(c(O)c1C2=O)CC(O)(C(=O)COC(C)=O)CC3OC1CC(N)C(O)C(C)O1.Cl. The number of carbonyl (C=O) groups excluding carboxylic acids is 4. The average Bonchev–Trinajstić information content (AvgIpc) is 2.94. The summed E-state index contributed by atoms with van der Waals surface area (Å²) < 4.78 is 21.9. The maximum absolute atomic E-state index is 13.7. The monoisotopic (exact) mass is 621 g/mol. The van der Waals surface area contributed by atoms with E-state index >= 15 is 0 Å². The van der Waals surface area contributed by atoms with E-state index in [0.717, 1.165) is 6.92 Å². The lowest BCUT2D eigenvalue weighted by Crippen LogP contribution is -2.53. The van der Waals surface area contributed by atoms with E-state index in [1.807, 2.05) is 0 Å². The highest BCUT2D eigenvalue weighted by Gasteiger charge is 2.50. The Morgan fingerprint density at radius 1 is 1.12 bits per heavy atom. The van der Waals surface area contributed by atoms with Gasteiger partial charge in [0.2, 0.25) is 11.6 Å². The number of carbonyl (C=O) groups is 4. The van der Waals surface area contributed by atoms with Crippen molar-refractivity contribution < 1.29 is 58.6 Å². The second-order valence-corrected chi connectivity index (χ2v) is 10.8. The molecule has 0 amide bonds. The Morgan fingerprint density at radius 2 is 1.79 bits per heavy atom. The first kappa shape index (κ1) is 32.3. The number of fused-ring (bicyclic) bond motifs is 3. The average molecular weight is 622 g/mol. The first-order valence-electron chi connectivity index (χ1n) is 13.3. The minimum atomic E-state index is -2.28. The summed E-state index contributed by atoms with van der Waals surface area (Å²) in [5, 5.41) is 44.7. The van der Waals surface area contributed by atoms with Gasteiger partial charge in [-0.2, -0.15) is 0 Å². The van der Waals surface area contributed by atoms with Crippen molar-refractivity contribution in [1.29, 1.82) is 0 Å². The second kappa shape index (κ2) is 11.8. The number of aliphatic hydroxyl groups is 2. The molecule has 3 aliphatic rings. The quantitative estimate of drug-likeness (QED) is 0.192. The number of aromatic hydroxyl groups is 2. The van der Waals surface area contributed by atoms with E-state index in [-0.39, 0.29) is 46.8 Å². The molecule has 0 saturated carbocycles. The number of methoxy groups -OCH3 is 1. The first-order chi connectivity index (χ1) is 19.8. The van der Waals surface area contributed by atoms with E-state index in [9.17, 15) is 39.6 Å².